The topological polar surface area (TPSA) is 55.0 Å². The average molecular weight is 246 g/mol. The second kappa shape index (κ2) is 4.38. The van der Waals surface area contributed by atoms with Crippen molar-refractivity contribution < 1.29 is 13.2 Å². The highest BCUT2D eigenvalue weighted by molar-refractivity contribution is 5.41. The van der Waals surface area contributed by atoms with Gasteiger partial charge in [-0.05, 0) is 25.0 Å². The van der Waals surface area contributed by atoms with Gasteiger partial charge in [0.25, 0.3) is 0 Å². The second-order valence-electron chi connectivity index (χ2n) is 4.12. The fourth-order valence-corrected chi connectivity index (χ4v) is 1.94. The Balaban J connectivity index is 1.97. The zero-order valence-corrected chi connectivity index (χ0v) is 9.11. The van der Waals surface area contributed by atoms with E-state index >= 15 is 0 Å². The Hall–Kier alpha value is -1.53. The van der Waals surface area contributed by atoms with E-state index in [1.807, 2.05) is 0 Å². The molecule has 2 rings (SSSR count). The van der Waals surface area contributed by atoms with Gasteiger partial charge < -0.3 is 10.6 Å². The van der Waals surface area contributed by atoms with Crippen LogP contribution in [0.3, 0.4) is 0 Å². The van der Waals surface area contributed by atoms with Crippen molar-refractivity contribution in [2.75, 3.05) is 23.7 Å². The maximum atomic E-state index is 12.5. The number of aromatic nitrogens is 2. The third-order valence-corrected chi connectivity index (χ3v) is 2.95. The maximum absolute atomic E-state index is 12.5. The predicted octanol–water partition coefficient (Wildman–Crippen LogP) is 1.84. The summed E-state index contributed by atoms with van der Waals surface area (Å²) in [6.45, 7) is 0.700. The Labute approximate surface area is 96.6 Å². The first-order chi connectivity index (χ1) is 7.97. The first-order valence-electron chi connectivity index (χ1n) is 5.37. The van der Waals surface area contributed by atoms with Gasteiger partial charge in [-0.3, -0.25) is 0 Å². The summed E-state index contributed by atoms with van der Waals surface area (Å²) in [5.41, 5.74) is 5.39. The summed E-state index contributed by atoms with van der Waals surface area (Å²) in [4.78, 5) is 1.80. The Morgan fingerprint density at radius 2 is 1.82 bits per heavy atom. The molecule has 1 aromatic heterocycles. The molecule has 0 saturated carbocycles. The first kappa shape index (κ1) is 11.9. The Morgan fingerprint density at radius 3 is 2.29 bits per heavy atom. The van der Waals surface area contributed by atoms with Gasteiger partial charge in [0, 0.05) is 13.1 Å². The summed E-state index contributed by atoms with van der Waals surface area (Å²) in [5.74, 6) is -0.306. The van der Waals surface area contributed by atoms with Crippen LogP contribution in [0.15, 0.2) is 12.1 Å². The van der Waals surface area contributed by atoms with E-state index in [0.717, 1.165) is 0 Å². The van der Waals surface area contributed by atoms with Gasteiger partial charge in [0.2, 0.25) is 0 Å². The quantitative estimate of drug-likeness (QED) is 0.821. The highest BCUT2D eigenvalue weighted by Crippen LogP contribution is 2.34. The first-order valence-corrected chi connectivity index (χ1v) is 5.37. The summed E-state index contributed by atoms with van der Waals surface area (Å²) in [6, 6.07) is 3.27. The maximum Gasteiger partial charge on any atom is 0.391 e. The number of piperidine rings is 1. The number of rotatable bonds is 1. The normalized spacial score (nSPS) is 18.4. The fraction of sp³-hybridized carbons (Fsp3) is 0.600. The molecule has 1 aliphatic heterocycles. The number of nitrogen functional groups attached to an aromatic ring is 1. The molecule has 0 amide bonds. The van der Waals surface area contributed by atoms with E-state index < -0.39 is 12.1 Å². The molecule has 0 spiro atoms. The minimum atomic E-state index is -4.08. The Kier molecular flexibility index (Phi) is 3.08. The second-order valence-corrected chi connectivity index (χ2v) is 4.12. The van der Waals surface area contributed by atoms with E-state index in [-0.39, 0.29) is 12.8 Å². The van der Waals surface area contributed by atoms with Crippen LogP contribution in [0.1, 0.15) is 12.8 Å². The van der Waals surface area contributed by atoms with E-state index in [1.54, 1.807) is 17.0 Å². The molecule has 94 valence electrons. The van der Waals surface area contributed by atoms with Crippen LogP contribution in [-0.4, -0.2) is 29.5 Å². The van der Waals surface area contributed by atoms with Crippen molar-refractivity contribution in [3.05, 3.63) is 12.1 Å². The molecular formula is C10H13F3N4. The molecule has 0 bridgehead atoms. The molecule has 7 heteroatoms. The third-order valence-electron chi connectivity index (χ3n) is 2.95. The standard InChI is InChI=1S/C10H13F3N4/c11-10(12,13)7-3-5-17(6-4-7)9-2-1-8(14)15-16-9/h1-2,7H,3-6H2,(H2,14,15). The summed E-state index contributed by atoms with van der Waals surface area (Å²) in [5, 5.41) is 7.54. The molecule has 0 atom stereocenters. The molecule has 1 aromatic rings. The molecule has 2 heterocycles. The molecule has 17 heavy (non-hydrogen) atoms. The van der Waals surface area contributed by atoms with Gasteiger partial charge in [0.15, 0.2) is 5.82 Å². The third kappa shape index (κ3) is 2.78. The molecule has 1 fully saturated rings. The number of alkyl halides is 3. The van der Waals surface area contributed by atoms with Crippen LogP contribution in [0.25, 0.3) is 0 Å². The minimum absolute atomic E-state index is 0.107. The Morgan fingerprint density at radius 1 is 1.18 bits per heavy atom. The molecule has 1 saturated heterocycles. The number of nitrogens with two attached hydrogens (primary N) is 1. The lowest BCUT2D eigenvalue weighted by Gasteiger charge is -2.33. The van der Waals surface area contributed by atoms with Gasteiger partial charge in [-0.2, -0.15) is 13.2 Å². The number of hydrogen-bond donors (Lipinski definition) is 1. The van der Waals surface area contributed by atoms with Crippen LogP contribution < -0.4 is 10.6 Å². The van der Waals surface area contributed by atoms with Gasteiger partial charge >= 0.3 is 6.18 Å². The van der Waals surface area contributed by atoms with E-state index in [4.69, 9.17) is 5.73 Å². The van der Waals surface area contributed by atoms with Gasteiger partial charge in [0.05, 0.1) is 5.92 Å². The number of nitrogens with zero attached hydrogens (tertiary/aromatic N) is 3. The predicted molar refractivity (Wildman–Crippen MR) is 57.4 cm³/mol. The van der Waals surface area contributed by atoms with Crippen LogP contribution in [0.5, 0.6) is 0 Å². The molecule has 0 radical (unpaired) electrons. The van der Waals surface area contributed by atoms with Crippen LogP contribution >= 0.6 is 0 Å². The van der Waals surface area contributed by atoms with Crippen molar-refractivity contribution in [1.29, 1.82) is 0 Å². The summed E-state index contributed by atoms with van der Waals surface area (Å²) in [6.07, 6.45) is -3.87. The van der Waals surface area contributed by atoms with Crippen LogP contribution in [0.4, 0.5) is 24.8 Å². The summed E-state index contributed by atoms with van der Waals surface area (Å²) >= 11 is 0. The van der Waals surface area contributed by atoms with E-state index in [0.29, 0.717) is 24.7 Å². The van der Waals surface area contributed by atoms with Crippen LogP contribution in [0.2, 0.25) is 0 Å². The summed E-state index contributed by atoms with van der Waals surface area (Å²) < 4.78 is 37.4. The molecule has 1 aliphatic rings. The fourth-order valence-electron chi connectivity index (χ4n) is 1.94. The van der Waals surface area contributed by atoms with Crippen molar-refractivity contribution >= 4 is 11.6 Å². The monoisotopic (exact) mass is 246 g/mol. The lowest BCUT2D eigenvalue weighted by molar-refractivity contribution is -0.179. The van der Waals surface area contributed by atoms with E-state index in [1.165, 1.54) is 0 Å². The molecule has 4 nitrogen and oxygen atoms in total. The Bertz CT molecular complexity index is 368. The zero-order valence-electron chi connectivity index (χ0n) is 9.11. The highest BCUT2D eigenvalue weighted by Gasteiger charge is 2.41. The van der Waals surface area contributed by atoms with Crippen molar-refractivity contribution in [3.8, 4) is 0 Å². The lowest BCUT2D eigenvalue weighted by Crippen LogP contribution is -2.39. The van der Waals surface area contributed by atoms with Gasteiger partial charge in [0.1, 0.15) is 5.82 Å². The van der Waals surface area contributed by atoms with E-state index in [2.05, 4.69) is 10.2 Å². The molecule has 0 aliphatic carbocycles. The molecular weight excluding hydrogens is 233 g/mol. The smallest absolute Gasteiger partial charge is 0.382 e. The van der Waals surface area contributed by atoms with Crippen molar-refractivity contribution in [1.82, 2.24) is 10.2 Å². The number of anilines is 2. The van der Waals surface area contributed by atoms with Crippen LogP contribution in [0, 0.1) is 5.92 Å². The number of hydrogen-bond acceptors (Lipinski definition) is 4. The van der Waals surface area contributed by atoms with Gasteiger partial charge in [-0.25, -0.2) is 0 Å². The average Bonchev–Trinajstić information content (AvgIpc) is 2.29. The van der Waals surface area contributed by atoms with Gasteiger partial charge in [-0.15, -0.1) is 10.2 Å². The van der Waals surface area contributed by atoms with Crippen molar-refractivity contribution in [2.45, 2.75) is 19.0 Å². The summed E-state index contributed by atoms with van der Waals surface area (Å²) in [7, 11) is 0. The molecule has 2 N–H and O–H groups in total. The van der Waals surface area contributed by atoms with Crippen molar-refractivity contribution in [3.63, 3.8) is 0 Å². The molecule has 0 unspecified atom stereocenters. The largest absolute Gasteiger partial charge is 0.391 e. The minimum Gasteiger partial charge on any atom is -0.382 e. The SMILES string of the molecule is Nc1ccc(N2CCC(C(F)(F)F)CC2)nn1. The lowest BCUT2D eigenvalue weighted by atomic mass is 9.96. The number of halogens is 3. The zero-order chi connectivity index (χ0) is 12.5. The highest BCUT2D eigenvalue weighted by atomic mass is 19.4. The molecule has 0 aromatic carbocycles. The van der Waals surface area contributed by atoms with Crippen LogP contribution in [-0.2, 0) is 0 Å². The van der Waals surface area contributed by atoms with Crippen molar-refractivity contribution in [2.24, 2.45) is 5.92 Å². The van der Waals surface area contributed by atoms with Gasteiger partial charge in [-0.1, -0.05) is 0 Å². The van der Waals surface area contributed by atoms with E-state index in [9.17, 15) is 13.2 Å².